The summed E-state index contributed by atoms with van der Waals surface area (Å²) < 4.78 is 26.3. The molecule has 1 N–H and O–H groups in total. The SMILES string of the molecule is CC1(CNS(=O)(=O)c2cc([N+](=O)[O-])c(Cl)s2)CCC1. The smallest absolute Gasteiger partial charge is 0.258 e. The minimum absolute atomic E-state index is 0.0000572. The summed E-state index contributed by atoms with van der Waals surface area (Å²) in [5, 5.41) is 10.6. The Hall–Kier alpha value is -0.700. The molecule has 1 fully saturated rings. The first kappa shape index (κ1) is 14.7. The van der Waals surface area contributed by atoms with Gasteiger partial charge in [-0.1, -0.05) is 24.9 Å². The third kappa shape index (κ3) is 3.07. The van der Waals surface area contributed by atoms with Crippen molar-refractivity contribution in [2.24, 2.45) is 5.41 Å². The highest BCUT2D eigenvalue weighted by atomic mass is 35.5. The van der Waals surface area contributed by atoms with Crippen LogP contribution >= 0.6 is 22.9 Å². The molecule has 1 saturated carbocycles. The van der Waals surface area contributed by atoms with Gasteiger partial charge in [0.25, 0.3) is 5.69 Å². The molecule has 0 radical (unpaired) electrons. The number of hydrogen-bond donors (Lipinski definition) is 1. The predicted octanol–water partition coefficient (Wildman–Crippen LogP) is 2.78. The van der Waals surface area contributed by atoms with Gasteiger partial charge in [-0.25, -0.2) is 13.1 Å². The third-order valence-corrected chi connectivity index (χ3v) is 6.57. The number of rotatable bonds is 5. The summed E-state index contributed by atoms with van der Waals surface area (Å²) in [5.41, 5.74) is -0.373. The topological polar surface area (TPSA) is 89.3 Å². The Morgan fingerprint density at radius 3 is 2.63 bits per heavy atom. The lowest BCUT2D eigenvalue weighted by atomic mass is 9.71. The molecule has 0 aromatic carbocycles. The molecule has 2 rings (SSSR count). The number of halogens is 1. The van der Waals surface area contributed by atoms with Crippen molar-refractivity contribution in [2.75, 3.05) is 6.54 Å². The highest BCUT2D eigenvalue weighted by Gasteiger charge is 2.34. The van der Waals surface area contributed by atoms with Gasteiger partial charge in [0.05, 0.1) is 4.92 Å². The lowest BCUT2D eigenvalue weighted by molar-refractivity contribution is -0.384. The Bertz CT molecular complexity index is 607. The predicted molar refractivity (Wildman–Crippen MR) is 73.1 cm³/mol. The quantitative estimate of drug-likeness (QED) is 0.666. The first-order chi connectivity index (χ1) is 8.73. The summed E-state index contributed by atoms with van der Waals surface area (Å²) >= 11 is 6.36. The molecule has 106 valence electrons. The van der Waals surface area contributed by atoms with Gasteiger partial charge in [-0.2, -0.15) is 0 Å². The lowest BCUT2D eigenvalue weighted by Crippen LogP contribution is -2.39. The van der Waals surface area contributed by atoms with Crippen molar-refractivity contribution in [3.05, 3.63) is 20.5 Å². The van der Waals surface area contributed by atoms with Gasteiger partial charge in [-0.05, 0) is 18.3 Å². The van der Waals surface area contributed by atoms with Crippen LogP contribution in [0.3, 0.4) is 0 Å². The van der Waals surface area contributed by atoms with E-state index in [-0.39, 0.29) is 19.6 Å². The van der Waals surface area contributed by atoms with Gasteiger partial charge in [-0.3, -0.25) is 10.1 Å². The molecule has 0 saturated heterocycles. The second-order valence-electron chi connectivity index (χ2n) is 4.97. The van der Waals surface area contributed by atoms with E-state index in [0.717, 1.165) is 25.3 Å². The number of nitrogens with one attached hydrogen (secondary N) is 1. The number of thiophene rings is 1. The van der Waals surface area contributed by atoms with Crippen LogP contribution in [-0.4, -0.2) is 19.9 Å². The van der Waals surface area contributed by atoms with Crippen molar-refractivity contribution in [1.29, 1.82) is 0 Å². The fourth-order valence-electron chi connectivity index (χ4n) is 1.89. The van der Waals surface area contributed by atoms with Crippen LogP contribution in [-0.2, 0) is 10.0 Å². The normalized spacial score (nSPS) is 18.0. The molecule has 1 aliphatic rings. The van der Waals surface area contributed by atoms with Crippen LogP contribution in [0.2, 0.25) is 4.34 Å². The summed E-state index contributed by atoms with van der Waals surface area (Å²) in [4.78, 5) is 9.96. The van der Waals surface area contributed by atoms with E-state index in [1.807, 2.05) is 6.92 Å². The second-order valence-corrected chi connectivity index (χ2v) is 8.62. The Balaban J connectivity index is 2.15. The second kappa shape index (κ2) is 5.01. The number of sulfonamides is 1. The van der Waals surface area contributed by atoms with Crippen molar-refractivity contribution >= 4 is 38.6 Å². The van der Waals surface area contributed by atoms with E-state index >= 15 is 0 Å². The van der Waals surface area contributed by atoms with E-state index in [2.05, 4.69) is 4.72 Å². The molecule has 19 heavy (non-hydrogen) atoms. The van der Waals surface area contributed by atoms with Crippen LogP contribution < -0.4 is 4.72 Å². The maximum atomic E-state index is 12.0. The van der Waals surface area contributed by atoms with Gasteiger partial charge in [-0.15, -0.1) is 11.3 Å². The largest absolute Gasteiger partial charge is 0.300 e. The Morgan fingerprint density at radius 1 is 1.58 bits per heavy atom. The number of nitro groups is 1. The standard InChI is InChI=1S/C10H13ClN2O4S2/c1-10(3-2-4-10)6-12-19(16,17)8-5-7(13(14)15)9(11)18-8/h5,12H,2-4,6H2,1H3. The van der Waals surface area contributed by atoms with Crippen LogP contribution in [0.5, 0.6) is 0 Å². The summed E-state index contributed by atoms with van der Waals surface area (Å²) in [6.07, 6.45) is 3.08. The minimum atomic E-state index is -3.73. The van der Waals surface area contributed by atoms with Gasteiger partial charge < -0.3 is 0 Å². The van der Waals surface area contributed by atoms with Crippen molar-refractivity contribution in [2.45, 2.75) is 30.4 Å². The zero-order valence-corrected chi connectivity index (χ0v) is 12.6. The first-order valence-corrected chi connectivity index (χ1v) is 8.35. The van der Waals surface area contributed by atoms with Crippen molar-refractivity contribution in [3.63, 3.8) is 0 Å². The van der Waals surface area contributed by atoms with Crippen LogP contribution in [0.25, 0.3) is 0 Å². The molecule has 6 nitrogen and oxygen atoms in total. The van der Waals surface area contributed by atoms with E-state index in [0.29, 0.717) is 17.9 Å². The molecule has 9 heteroatoms. The van der Waals surface area contributed by atoms with Gasteiger partial charge >= 0.3 is 0 Å². The highest BCUT2D eigenvalue weighted by Crippen LogP contribution is 2.40. The molecule has 1 aromatic rings. The maximum Gasteiger partial charge on any atom is 0.300 e. The van der Waals surface area contributed by atoms with Gasteiger partial charge in [0.15, 0.2) is 4.34 Å². The Labute approximate surface area is 120 Å². The molecular formula is C10H13ClN2O4S2. The lowest BCUT2D eigenvalue weighted by Gasteiger charge is -2.38. The van der Waals surface area contributed by atoms with E-state index in [4.69, 9.17) is 11.6 Å². The third-order valence-electron chi connectivity index (χ3n) is 3.36. The summed E-state index contributed by atoms with van der Waals surface area (Å²) in [7, 11) is -3.73. The van der Waals surface area contributed by atoms with Gasteiger partial charge in [0.1, 0.15) is 4.21 Å². The van der Waals surface area contributed by atoms with Crippen LogP contribution in [0.4, 0.5) is 5.69 Å². The monoisotopic (exact) mass is 324 g/mol. The van der Waals surface area contributed by atoms with Crippen LogP contribution in [0.1, 0.15) is 26.2 Å². The van der Waals surface area contributed by atoms with E-state index in [1.165, 1.54) is 0 Å². The molecule has 0 bridgehead atoms. The Kier molecular flexibility index (Phi) is 3.87. The minimum Gasteiger partial charge on any atom is -0.258 e. The molecule has 0 amide bonds. The van der Waals surface area contributed by atoms with E-state index < -0.39 is 14.9 Å². The van der Waals surface area contributed by atoms with E-state index in [9.17, 15) is 18.5 Å². The average Bonchev–Trinajstić information content (AvgIpc) is 2.67. The summed E-state index contributed by atoms with van der Waals surface area (Å²) in [6, 6.07) is 0.998. The molecule has 0 atom stereocenters. The highest BCUT2D eigenvalue weighted by molar-refractivity contribution is 7.91. The first-order valence-electron chi connectivity index (χ1n) is 5.67. The van der Waals surface area contributed by atoms with Crippen molar-refractivity contribution in [1.82, 2.24) is 4.72 Å². The summed E-state index contributed by atoms with van der Waals surface area (Å²) in [6.45, 7) is 2.36. The fraction of sp³-hybridized carbons (Fsp3) is 0.600. The molecule has 0 unspecified atom stereocenters. The average molecular weight is 325 g/mol. The van der Waals surface area contributed by atoms with Crippen molar-refractivity contribution < 1.29 is 13.3 Å². The zero-order chi connectivity index (χ0) is 14.3. The number of nitrogens with zero attached hydrogens (tertiary/aromatic N) is 1. The van der Waals surface area contributed by atoms with Gasteiger partial charge in [0, 0.05) is 12.6 Å². The molecule has 1 aliphatic carbocycles. The fourth-order valence-corrected chi connectivity index (χ4v) is 4.80. The Morgan fingerprint density at radius 2 is 2.21 bits per heavy atom. The van der Waals surface area contributed by atoms with E-state index in [1.54, 1.807) is 0 Å². The van der Waals surface area contributed by atoms with Crippen molar-refractivity contribution in [3.8, 4) is 0 Å². The summed E-state index contributed by atoms with van der Waals surface area (Å²) in [5.74, 6) is 0. The van der Waals surface area contributed by atoms with Crippen LogP contribution in [0.15, 0.2) is 10.3 Å². The molecule has 1 heterocycles. The number of hydrogen-bond acceptors (Lipinski definition) is 5. The zero-order valence-electron chi connectivity index (χ0n) is 10.2. The molecule has 0 spiro atoms. The molecule has 1 aromatic heterocycles. The van der Waals surface area contributed by atoms with Crippen LogP contribution in [0, 0.1) is 15.5 Å². The molecular weight excluding hydrogens is 312 g/mol. The maximum absolute atomic E-state index is 12.0. The molecule has 0 aliphatic heterocycles. The van der Waals surface area contributed by atoms with Gasteiger partial charge in [0.2, 0.25) is 10.0 Å².